The van der Waals surface area contributed by atoms with E-state index in [4.69, 9.17) is 4.74 Å². The van der Waals surface area contributed by atoms with E-state index in [1.165, 1.54) is 9.75 Å². The number of amides is 1. The molecule has 3 rings (SSSR count). The Balaban J connectivity index is 1.70. The average molecular weight is 347 g/mol. The molecule has 24 heavy (non-hydrogen) atoms. The van der Waals surface area contributed by atoms with Gasteiger partial charge in [-0.2, -0.15) is 5.10 Å². The van der Waals surface area contributed by atoms with Crippen LogP contribution in [-0.2, 0) is 16.1 Å². The summed E-state index contributed by atoms with van der Waals surface area (Å²) in [6.45, 7) is 7.55. The second-order valence-electron chi connectivity index (χ2n) is 6.74. The van der Waals surface area contributed by atoms with Crippen molar-refractivity contribution in [2.45, 2.75) is 45.9 Å². The Hall–Kier alpha value is -1.66. The van der Waals surface area contributed by atoms with Gasteiger partial charge in [-0.1, -0.05) is 0 Å². The molecule has 0 aliphatic carbocycles. The lowest BCUT2D eigenvalue weighted by atomic mass is 9.96. The van der Waals surface area contributed by atoms with Gasteiger partial charge in [-0.15, -0.1) is 11.3 Å². The Kier molecular flexibility index (Phi) is 5.06. The van der Waals surface area contributed by atoms with Crippen molar-refractivity contribution in [1.29, 1.82) is 0 Å². The molecule has 6 heteroatoms. The lowest BCUT2D eigenvalue weighted by Gasteiger charge is -2.23. The maximum atomic E-state index is 12.9. The van der Waals surface area contributed by atoms with Gasteiger partial charge in [0.1, 0.15) is 0 Å². The Morgan fingerprint density at radius 1 is 1.50 bits per heavy atom. The number of aryl methyl sites for hydroxylation is 1. The summed E-state index contributed by atoms with van der Waals surface area (Å²) >= 11 is 1.74. The molecular weight excluding hydrogens is 322 g/mol. The number of hydrogen-bond donors (Lipinski definition) is 0. The topological polar surface area (TPSA) is 47.4 Å². The SMILES string of the molecule is Cc1ccc(CN(C)C(=O)[C@@H]2CCO[C@H]2c2cnn(C(C)C)c2)s1. The number of carbonyl (C=O) groups excluding carboxylic acids is 1. The smallest absolute Gasteiger partial charge is 0.228 e. The summed E-state index contributed by atoms with van der Waals surface area (Å²) in [7, 11) is 1.88. The zero-order valence-corrected chi connectivity index (χ0v) is 15.5. The molecule has 0 unspecified atom stereocenters. The summed E-state index contributed by atoms with van der Waals surface area (Å²) in [5.41, 5.74) is 1.000. The third kappa shape index (κ3) is 3.54. The van der Waals surface area contributed by atoms with Crippen LogP contribution in [0.5, 0.6) is 0 Å². The summed E-state index contributed by atoms with van der Waals surface area (Å²) in [5, 5.41) is 4.38. The average Bonchev–Trinajstić information content (AvgIpc) is 3.25. The molecule has 1 fully saturated rings. The van der Waals surface area contributed by atoms with Gasteiger partial charge in [0, 0.05) is 41.2 Å². The minimum Gasteiger partial charge on any atom is -0.373 e. The number of nitrogens with zero attached hydrogens (tertiary/aromatic N) is 3. The fourth-order valence-electron chi connectivity index (χ4n) is 3.12. The Morgan fingerprint density at radius 3 is 2.92 bits per heavy atom. The van der Waals surface area contributed by atoms with Crippen LogP contribution in [0.2, 0.25) is 0 Å². The standard InChI is InChI=1S/C18H25N3O2S/c1-12(2)21-10-14(9-19-21)17-16(7-8-23-17)18(22)20(4)11-15-6-5-13(3)24-15/h5-6,9-10,12,16-17H,7-8,11H2,1-4H3/t16-,17+/m1/s1. The molecule has 0 saturated carbocycles. The van der Waals surface area contributed by atoms with E-state index in [1.807, 2.05) is 29.0 Å². The molecule has 1 amide bonds. The molecule has 2 aromatic rings. The molecule has 0 N–H and O–H groups in total. The van der Waals surface area contributed by atoms with Crippen LogP contribution in [0.1, 0.15) is 47.7 Å². The van der Waals surface area contributed by atoms with E-state index in [1.54, 1.807) is 11.3 Å². The number of thiophene rings is 1. The van der Waals surface area contributed by atoms with Gasteiger partial charge in [0.25, 0.3) is 0 Å². The first-order valence-corrected chi connectivity index (χ1v) is 9.23. The van der Waals surface area contributed by atoms with Crippen LogP contribution in [-0.4, -0.2) is 34.2 Å². The number of aromatic nitrogens is 2. The summed E-state index contributed by atoms with van der Waals surface area (Å²) in [6, 6.07) is 4.50. The summed E-state index contributed by atoms with van der Waals surface area (Å²) in [6.07, 6.45) is 4.42. The van der Waals surface area contributed by atoms with Gasteiger partial charge in [0.2, 0.25) is 5.91 Å². The lowest BCUT2D eigenvalue weighted by Crippen LogP contribution is -2.33. The quantitative estimate of drug-likeness (QED) is 0.831. The minimum atomic E-state index is -0.183. The zero-order valence-electron chi connectivity index (χ0n) is 14.7. The highest BCUT2D eigenvalue weighted by atomic mass is 32.1. The third-order valence-electron chi connectivity index (χ3n) is 4.45. The predicted molar refractivity (Wildman–Crippen MR) is 94.9 cm³/mol. The summed E-state index contributed by atoms with van der Waals surface area (Å²) in [4.78, 5) is 17.2. The molecule has 0 radical (unpaired) electrons. The highest BCUT2D eigenvalue weighted by molar-refractivity contribution is 7.11. The van der Waals surface area contributed by atoms with Gasteiger partial charge in [-0.3, -0.25) is 9.48 Å². The first-order valence-electron chi connectivity index (χ1n) is 8.41. The van der Waals surface area contributed by atoms with Gasteiger partial charge in [-0.25, -0.2) is 0 Å². The van der Waals surface area contributed by atoms with Gasteiger partial charge in [0.05, 0.1) is 24.8 Å². The van der Waals surface area contributed by atoms with Crippen LogP contribution in [0.4, 0.5) is 0 Å². The Morgan fingerprint density at radius 2 is 2.29 bits per heavy atom. The number of hydrogen-bond acceptors (Lipinski definition) is 4. The first kappa shape index (κ1) is 17.2. The van der Waals surface area contributed by atoms with E-state index >= 15 is 0 Å². The molecule has 2 atom stereocenters. The van der Waals surface area contributed by atoms with Crippen molar-refractivity contribution >= 4 is 17.2 Å². The molecule has 2 aromatic heterocycles. The second kappa shape index (κ2) is 7.07. The van der Waals surface area contributed by atoms with E-state index in [-0.39, 0.29) is 17.9 Å². The van der Waals surface area contributed by atoms with E-state index in [9.17, 15) is 4.79 Å². The molecule has 1 aliphatic heterocycles. The molecule has 0 aromatic carbocycles. The van der Waals surface area contributed by atoms with Gasteiger partial charge in [0.15, 0.2) is 0 Å². The van der Waals surface area contributed by atoms with Crippen molar-refractivity contribution in [2.75, 3.05) is 13.7 Å². The Bertz CT molecular complexity index is 707. The lowest BCUT2D eigenvalue weighted by molar-refractivity contribution is -0.136. The molecule has 3 heterocycles. The second-order valence-corrected chi connectivity index (χ2v) is 8.11. The van der Waals surface area contributed by atoms with Crippen LogP contribution in [0.3, 0.4) is 0 Å². The highest BCUT2D eigenvalue weighted by Crippen LogP contribution is 2.36. The highest BCUT2D eigenvalue weighted by Gasteiger charge is 2.37. The fourth-order valence-corrected chi connectivity index (χ4v) is 4.06. The largest absolute Gasteiger partial charge is 0.373 e. The van der Waals surface area contributed by atoms with Crippen LogP contribution < -0.4 is 0 Å². The fraction of sp³-hybridized carbons (Fsp3) is 0.556. The molecular formula is C18H25N3O2S. The van der Waals surface area contributed by atoms with E-state index in [0.717, 1.165) is 12.0 Å². The van der Waals surface area contributed by atoms with E-state index < -0.39 is 0 Å². The summed E-state index contributed by atoms with van der Waals surface area (Å²) in [5.74, 6) is 0.0294. The molecule has 0 spiro atoms. The van der Waals surface area contributed by atoms with Crippen LogP contribution in [0.25, 0.3) is 0 Å². The maximum Gasteiger partial charge on any atom is 0.228 e. The van der Waals surface area contributed by atoms with E-state index in [0.29, 0.717) is 19.2 Å². The molecule has 0 bridgehead atoms. The third-order valence-corrected chi connectivity index (χ3v) is 5.44. The minimum absolute atomic E-state index is 0.124. The van der Waals surface area contributed by atoms with Crippen molar-refractivity contribution in [2.24, 2.45) is 5.92 Å². The predicted octanol–water partition coefficient (Wildman–Crippen LogP) is 3.57. The Labute approximate surface area is 147 Å². The molecule has 1 aliphatic rings. The molecule has 130 valence electrons. The van der Waals surface area contributed by atoms with Crippen molar-refractivity contribution in [3.63, 3.8) is 0 Å². The van der Waals surface area contributed by atoms with Crippen LogP contribution >= 0.6 is 11.3 Å². The summed E-state index contributed by atoms with van der Waals surface area (Å²) < 4.78 is 7.79. The normalized spacial score (nSPS) is 20.7. The number of rotatable bonds is 5. The van der Waals surface area contributed by atoms with Crippen LogP contribution in [0, 0.1) is 12.8 Å². The van der Waals surface area contributed by atoms with Crippen LogP contribution in [0.15, 0.2) is 24.5 Å². The van der Waals surface area contributed by atoms with Crippen molar-refractivity contribution in [1.82, 2.24) is 14.7 Å². The van der Waals surface area contributed by atoms with Crippen molar-refractivity contribution < 1.29 is 9.53 Å². The van der Waals surface area contributed by atoms with E-state index in [2.05, 4.69) is 38.0 Å². The van der Waals surface area contributed by atoms with Gasteiger partial charge < -0.3 is 9.64 Å². The van der Waals surface area contributed by atoms with Crippen molar-refractivity contribution in [3.05, 3.63) is 39.8 Å². The number of carbonyl (C=O) groups is 1. The maximum absolute atomic E-state index is 12.9. The first-order chi connectivity index (χ1) is 11.5. The number of ether oxygens (including phenoxy) is 1. The molecule has 5 nitrogen and oxygen atoms in total. The zero-order chi connectivity index (χ0) is 17.3. The van der Waals surface area contributed by atoms with Gasteiger partial charge in [-0.05, 0) is 39.3 Å². The van der Waals surface area contributed by atoms with Crippen molar-refractivity contribution in [3.8, 4) is 0 Å². The van der Waals surface area contributed by atoms with Gasteiger partial charge >= 0.3 is 0 Å². The monoisotopic (exact) mass is 347 g/mol. The molecule has 1 saturated heterocycles.